The number of benzene rings is 3. The lowest BCUT2D eigenvalue weighted by Gasteiger charge is -2.08. The van der Waals surface area contributed by atoms with Crippen molar-refractivity contribution in [2.45, 2.75) is 20.3 Å². The van der Waals surface area contributed by atoms with E-state index in [9.17, 15) is 4.79 Å². The summed E-state index contributed by atoms with van der Waals surface area (Å²) in [4.78, 5) is 12.9. The van der Waals surface area contributed by atoms with Gasteiger partial charge in [0.2, 0.25) is 0 Å². The second-order valence-electron chi connectivity index (χ2n) is 7.55. The van der Waals surface area contributed by atoms with E-state index in [1.165, 1.54) is 0 Å². The Kier molecular flexibility index (Phi) is 4.99. The monoisotopic (exact) mass is 423 g/mol. The summed E-state index contributed by atoms with van der Waals surface area (Å²) in [5.74, 6) is 0.410. The summed E-state index contributed by atoms with van der Waals surface area (Å²) in [6.07, 6.45) is 0.594. The van der Waals surface area contributed by atoms with E-state index in [0.29, 0.717) is 17.9 Å². The zero-order valence-electron chi connectivity index (χ0n) is 17.7. The Morgan fingerprint density at radius 3 is 2.66 bits per heavy atom. The van der Waals surface area contributed by atoms with Gasteiger partial charge in [0.15, 0.2) is 11.5 Å². The highest BCUT2D eigenvalue weighted by molar-refractivity contribution is 6.03. The van der Waals surface area contributed by atoms with E-state index in [2.05, 4.69) is 20.8 Å². The lowest BCUT2D eigenvalue weighted by atomic mass is 10.1. The number of amides is 1. The molecule has 0 atom stereocenters. The van der Waals surface area contributed by atoms with Crippen molar-refractivity contribution >= 4 is 22.5 Å². The molecule has 2 aromatic heterocycles. The Balaban J connectivity index is 1.53. The highest BCUT2D eigenvalue weighted by atomic mass is 16.5. The van der Waals surface area contributed by atoms with Crippen LogP contribution in [0.1, 0.15) is 28.7 Å². The number of fused-ring (bicyclic) bond motifs is 1. The number of anilines is 1. The van der Waals surface area contributed by atoms with Crippen LogP contribution in [0.4, 0.5) is 5.69 Å². The molecule has 0 unspecified atom stereocenters. The standard InChI is InChI=1S/C25H21N5O2/c1-3-22-23(25(31)26-18-11-7-8-16(2)14-18)27-29-30(22)19-12-13-21-20(15-19)24(32-28-21)17-9-5-4-6-10-17/h4-15H,3H2,1-2H3,(H,26,31). The average Bonchev–Trinajstić information content (AvgIpc) is 3.43. The third-order valence-corrected chi connectivity index (χ3v) is 5.33. The van der Waals surface area contributed by atoms with Gasteiger partial charge in [-0.15, -0.1) is 5.10 Å². The van der Waals surface area contributed by atoms with Crippen LogP contribution in [0.3, 0.4) is 0 Å². The SMILES string of the molecule is CCc1c(C(=O)Nc2cccc(C)c2)nnn1-c1ccc2noc(-c3ccccc3)c2c1. The van der Waals surface area contributed by atoms with Crippen LogP contribution in [0, 0.1) is 6.92 Å². The van der Waals surface area contributed by atoms with Crippen LogP contribution in [-0.2, 0) is 6.42 Å². The molecule has 32 heavy (non-hydrogen) atoms. The number of aryl methyl sites for hydroxylation is 1. The van der Waals surface area contributed by atoms with E-state index in [-0.39, 0.29) is 5.91 Å². The van der Waals surface area contributed by atoms with Crippen molar-refractivity contribution in [1.82, 2.24) is 20.2 Å². The molecule has 3 aromatic carbocycles. The average molecular weight is 423 g/mol. The molecule has 0 aliphatic carbocycles. The predicted molar refractivity (Wildman–Crippen MR) is 123 cm³/mol. The molecule has 2 heterocycles. The quantitative estimate of drug-likeness (QED) is 0.420. The first-order valence-corrected chi connectivity index (χ1v) is 10.4. The van der Waals surface area contributed by atoms with Gasteiger partial charge in [0, 0.05) is 11.3 Å². The second kappa shape index (κ2) is 8.11. The van der Waals surface area contributed by atoms with E-state index in [0.717, 1.165) is 39.1 Å². The number of nitrogens with zero attached hydrogens (tertiary/aromatic N) is 4. The van der Waals surface area contributed by atoms with Gasteiger partial charge in [-0.2, -0.15) is 0 Å². The number of carbonyl (C=O) groups excluding carboxylic acids is 1. The van der Waals surface area contributed by atoms with Gasteiger partial charge in [-0.1, -0.05) is 59.8 Å². The van der Waals surface area contributed by atoms with Gasteiger partial charge in [-0.3, -0.25) is 4.79 Å². The highest BCUT2D eigenvalue weighted by Crippen LogP contribution is 2.30. The van der Waals surface area contributed by atoms with E-state index in [4.69, 9.17) is 4.52 Å². The van der Waals surface area contributed by atoms with Gasteiger partial charge >= 0.3 is 0 Å². The van der Waals surface area contributed by atoms with E-state index in [1.54, 1.807) is 4.68 Å². The maximum absolute atomic E-state index is 12.9. The summed E-state index contributed by atoms with van der Waals surface area (Å²) in [6.45, 7) is 3.96. The molecule has 0 aliphatic rings. The van der Waals surface area contributed by atoms with Gasteiger partial charge in [-0.05, 0) is 49.2 Å². The second-order valence-corrected chi connectivity index (χ2v) is 7.55. The minimum absolute atomic E-state index is 0.283. The molecule has 0 bridgehead atoms. The molecule has 0 fully saturated rings. The predicted octanol–water partition coefficient (Wildman–Crippen LogP) is 5.20. The molecule has 7 heteroatoms. The Hall–Kier alpha value is -4.26. The number of nitrogens with one attached hydrogen (secondary N) is 1. The van der Waals surface area contributed by atoms with Crippen LogP contribution in [0.25, 0.3) is 27.9 Å². The molecule has 158 valence electrons. The normalized spacial score (nSPS) is 11.1. The Morgan fingerprint density at radius 1 is 1.03 bits per heavy atom. The Bertz CT molecular complexity index is 1420. The maximum Gasteiger partial charge on any atom is 0.278 e. The summed E-state index contributed by atoms with van der Waals surface area (Å²) < 4.78 is 7.31. The summed E-state index contributed by atoms with van der Waals surface area (Å²) >= 11 is 0. The molecule has 7 nitrogen and oxygen atoms in total. The van der Waals surface area contributed by atoms with Gasteiger partial charge in [0.1, 0.15) is 5.52 Å². The van der Waals surface area contributed by atoms with Gasteiger partial charge < -0.3 is 9.84 Å². The van der Waals surface area contributed by atoms with Crippen molar-refractivity contribution in [2.24, 2.45) is 0 Å². The zero-order chi connectivity index (χ0) is 22.1. The third-order valence-electron chi connectivity index (χ3n) is 5.33. The maximum atomic E-state index is 12.9. The molecule has 0 saturated carbocycles. The van der Waals surface area contributed by atoms with Crippen LogP contribution in [-0.4, -0.2) is 26.1 Å². The smallest absolute Gasteiger partial charge is 0.278 e. The molecule has 0 spiro atoms. The molecule has 1 N–H and O–H groups in total. The third kappa shape index (κ3) is 3.54. The fraction of sp³-hybridized carbons (Fsp3) is 0.120. The minimum Gasteiger partial charge on any atom is -0.355 e. The van der Waals surface area contributed by atoms with Crippen molar-refractivity contribution in [3.05, 3.63) is 89.7 Å². The van der Waals surface area contributed by atoms with Gasteiger partial charge in [0.05, 0.1) is 16.8 Å². The van der Waals surface area contributed by atoms with Crippen molar-refractivity contribution in [2.75, 3.05) is 5.32 Å². The van der Waals surface area contributed by atoms with E-state index < -0.39 is 0 Å². The first-order valence-electron chi connectivity index (χ1n) is 10.4. The fourth-order valence-electron chi connectivity index (χ4n) is 3.77. The lowest BCUT2D eigenvalue weighted by molar-refractivity contribution is 0.102. The van der Waals surface area contributed by atoms with Crippen molar-refractivity contribution < 1.29 is 9.32 Å². The molecule has 5 rings (SSSR count). The summed E-state index contributed by atoms with van der Waals surface area (Å²) in [5, 5.41) is 16.4. The Labute approximate surface area is 184 Å². The molecular weight excluding hydrogens is 402 g/mol. The molecule has 0 aliphatic heterocycles. The minimum atomic E-state index is -0.283. The van der Waals surface area contributed by atoms with E-state index >= 15 is 0 Å². The van der Waals surface area contributed by atoms with Gasteiger partial charge in [-0.25, -0.2) is 4.68 Å². The first kappa shape index (κ1) is 19.7. The number of hydrogen-bond acceptors (Lipinski definition) is 5. The molecular formula is C25H21N5O2. The fourth-order valence-corrected chi connectivity index (χ4v) is 3.77. The number of carbonyl (C=O) groups is 1. The van der Waals surface area contributed by atoms with Crippen LogP contribution in [0.15, 0.2) is 77.3 Å². The zero-order valence-corrected chi connectivity index (χ0v) is 17.7. The summed E-state index contributed by atoms with van der Waals surface area (Å²) in [5.41, 5.74) is 5.32. The number of rotatable bonds is 5. The molecule has 1 amide bonds. The number of hydrogen-bond donors (Lipinski definition) is 1. The number of aromatic nitrogens is 4. The van der Waals surface area contributed by atoms with Crippen LogP contribution >= 0.6 is 0 Å². The molecule has 0 saturated heterocycles. The largest absolute Gasteiger partial charge is 0.355 e. The van der Waals surface area contributed by atoms with Crippen molar-refractivity contribution in [1.29, 1.82) is 0 Å². The highest BCUT2D eigenvalue weighted by Gasteiger charge is 2.20. The lowest BCUT2D eigenvalue weighted by Crippen LogP contribution is -2.15. The van der Waals surface area contributed by atoms with Crippen LogP contribution in [0.5, 0.6) is 0 Å². The molecule has 0 radical (unpaired) electrons. The van der Waals surface area contributed by atoms with Crippen LogP contribution in [0.2, 0.25) is 0 Å². The van der Waals surface area contributed by atoms with Crippen molar-refractivity contribution in [3.8, 4) is 17.0 Å². The van der Waals surface area contributed by atoms with Crippen LogP contribution < -0.4 is 5.32 Å². The molecule has 5 aromatic rings. The van der Waals surface area contributed by atoms with E-state index in [1.807, 2.05) is 86.6 Å². The van der Waals surface area contributed by atoms with Crippen molar-refractivity contribution in [3.63, 3.8) is 0 Å². The summed E-state index contributed by atoms with van der Waals surface area (Å²) in [7, 11) is 0. The van der Waals surface area contributed by atoms with Gasteiger partial charge in [0.25, 0.3) is 5.91 Å². The Morgan fingerprint density at radius 2 is 1.88 bits per heavy atom. The topological polar surface area (TPSA) is 85.8 Å². The summed E-state index contributed by atoms with van der Waals surface area (Å²) in [6, 6.07) is 23.2. The first-order chi connectivity index (χ1) is 15.6.